The molecule has 10 heteroatoms. The minimum Gasteiger partial charge on any atom is -0.336 e. The molecule has 0 N–H and O–H groups in total. The fourth-order valence-corrected chi connectivity index (χ4v) is 3.32. The third kappa shape index (κ3) is 3.58. The van der Waals surface area contributed by atoms with E-state index in [0.717, 1.165) is 34.1 Å². The Morgan fingerprint density at radius 1 is 1.25 bits per heavy atom. The number of carbonyl (C=O) groups is 1. The van der Waals surface area contributed by atoms with E-state index in [1.165, 1.54) is 11.0 Å². The zero-order chi connectivity index (χ0) is 20.8. The lowest BCUT2D eigenvalue weighted by Crippen LogP contribution is -2.27. The van der Waals surface area contributed by atoms with Crippen LogP contribution in [0.5, 0.6) is 0 Å². The van der Waals surface area contributed by atoms with Gasteiger partial charge in [0.15, 0.2) is 11.3 Å². The first-order valence-corrected chi connectivity index (χ1v) is 9.13. The fraction of sp³-hybridized carbons (Fsp3) is 0.444. The predicted octanol–water partition coefficient (Wildman–Crippen LogP) is 3.43. The minimum absolute atomic E-state index is 0.0148. The molecule has 150 valence electrons. The first kappa shape index (κ1) is 20.2. The van der Waals surface area contributed by atoms with Gasteiger partial charge in [-0.05, 0) is 45.4 Å². The summed E-state index contributed by atoms with van der Waals surface area (Å²) in [5, 5.41) is 4.84. The highest BCUT2D eigenvalue weighted by Gasteiger charge is 2.33. The van der Waals surface area contributed by atoms with Crippen molar-refractivity contribution in [2.24, 2.45) is 0 Å². The standard InChI is InChI=1S/C18H21ClF2N6O/c1-6-26-12(4)13(11(3)23-26)9-25(5)17(28)14-8-16-22-10(2)7-15(18(19,20)21)27(16)24-14/h7-8H,6,9H2,1-5H3. The van der Waals surface area contributed by atoms with E-state index in [1.807, 2.05) is 25.5 Å². The molecule has 0 bridgehead atoms. The molecule has 0 atom stereocenters. The molecular weight excluding hydrogens is 390 g/mol. The van der Waals surface area contributed by atoms with Crippen LogP contribution in [0.25, 0.3) is 5.65 Å². The summed E-state index contributed by atoms with van der Waals surface area (Å²) in [5.41, 5.74) is 2.75. The summed E-state index contributed by atoms with van der Waals surface area (Å²) in [4.78, 5) is 18.5. The molecule has 0 unspecified atom stereocenters. The van der Waals surface area contributed by atoms with E-state index in [2.05, 4.69) is 15.2 Å². The van der Waals surface area contributed by atoms with Crippen LogP contribution in [0.2, 0.25) is 0 Å². The van der Waals surface area contributed by atoms with Gasteiger partial charge in [0.2, 0.25) is 0 Å². The zero-order valence-electron chi connectivity index (χ0n) is 16.3. The number of fused-ring (bicyclic) bond motifs is 1. The summed E-state index contributed by atoms with van der Waals surface area (Å²) in [6, 6.07) is 2.53. The molecule has 0 aliphatic carbocycles. The number of hydrogen-bond acceptors (Lipinski definition) is 4. The molecule has 0 saturated heterocycles. The van der Waals surface area contributed by atoms with Crippen LogP contribution in [-0.4, -0.2) is 42.2 Å². The fourth-order valence-electron chi connectivity index (χ4n) is 3.18. The van der Waals surface area contributed by atoms with Gasteiger partial charge in [0, 0.05) is 43.2 Å². The van der Waals surface area contributed by atoms with Crippen molar-refractivity contribution in [3.05, 3.63) is 46.2 Å². The topological polar surface area (TPSA) is 68.3 Å². The molecule has 0 aromatic carbocycles. The summed E-state index contributed by atoms with van der Waals surface area (Å²) in [6.45, 7) is 8.47. The van der Waals surface area contributed by atoms with Gasteiger partial charge in [-0.1, -0.05) is 0 Å². The summed E-state index contributed by atoms with van der Waals surface area (Å²) >= 11 is 5.19. The molecule has 1 amide bonds. The summed E-state index contributed by atoms with van der Waals surface area (Å²) in [5.74, 6) is -0.407. The van der Waals surface area contributed by atoms with Crippen molar-refractivity contribution >= 4 is 23.2 Å². The van der Waals surface area contributed by atoms with E-state index in [9.17, 15) is 13.6 Å². The van der Waals surface area contributed by atoms with Gasteiger partial charge in [0.25, 0.3) is 5.91 Å². The Labute approximate surface area is 165 Å². The van der Waals surface area contributed by atoms with E-state index in [1.54, 1.807) is 14.0 Å². The molecule has 3 heterocycles. The third-order valence-corrected chi connectivity index (χ3v) is 4.83. The first-order chi connectivity index (χ1) is 13.0. The molecule has 3 aromatic heterocycles. The number of carbonyl (C=O) groups excluding carboxylic acids is 1. The van der Waals surface area contributed by atoms with E-state index < -0.39 is 17.0 Å². The van der Waals surface area contributed by atoms with Crippen LogP contribution in [0.15, 0.2) is 12.1 Å². The Bertz CT molecular complexity index is 1050. The molecule has 3 aromatic rings. The van der Waals surface area contributed by atoms with Crippen molar-refractivity contribution in [1.29, 1.82) is 0 Å². The molecule has 7 nitrogen and oxygen atoms in total. The van der Waals surface area contributed by atoms with Gasteiger partial charge in [-0.3, -0.25) is 9.48 Å². The minimum atomic E-state index is -3.63. The Morgan fingerprint density at radius 2 is 1.93 bits per heavy atom. The number of amides is 1. The lowest BCUT2D eigenvalue weighted by molar-refractivity contribution is 0.0772. The maximum atomic E-state index is 13.7. The third-order valence-electron chi connectivity index (χ3n) is 4.64. The van der Waals surface area contributed by atoms with Gasteiger partial charge in [-0.2, -0.15) is 19.0 Å². The average Bonchev–Trinajstić information content (AvgIpc) is 3.15. The molecule has 28 heavy (non-hydrogen) atoms. The SMILES string of the molecule is CCn1nc(C)c(CN(C)C(=O)c2cc3nc(C)cc(C(F)(F)Cl)n3n2)c1C. The van der Waals surface area contributed by atoms with Crippen LogP contribution in [0.1, 0.15) is 45.8 Å². The van der Waals surface area contributed by atoms with Crippen LogP contribution in [0.4, 0.5) is 8.78 Å². The van der Waals surface area contributed by atoms with Gasteiger partial charge in [0.05, 0.1) is 5.69 Å². The lowest BCUT2D eigenvalue weighted by atomic mass is 10.2. The van der Waals surface area contributed by atoms with E-state index in [0.29, 0.717) is 12.2 Å². The Hall–Kier alpha value is -2.55. The van der Waals surface area contributed by atoms with Crippen LogP contribution in [-0.2, 0) is 18.5 Å². The van der Waals surface area contributed by atoms with E-state index in [4.69, 9.17) is 11.6 Å². The summed E-state index contributed by atoms with van der Waals surface area (Å²) in [6.07, 6.45) is 0. The molecule has 0 radical (unpaired) electrons. The zero-order valence-corrected chi connectivity index (χ0v) is 17.1. The normalized spacial score (nSPS) is 12.0. The monoisotopic (exact) mass is 410 g/mol. The number of rotatable bonds is 5. The largest absolute Gasteiger partial charge is 0.364 e. The van der Waals surface area contributed by atoms with Crippen molar-refractivity contribution in [2.75, 3.05) is 7.05 Å². The number of aromatic nitrogens is 5. The second kappa shape index (κ2) is 7.12. The molecule has 0 aliphatic heterocycles. The maximum Gasteiger partial charge on any atom is 0.364 e. The Kier molecular flexibility index (Phi) is 5.14. The van der Waals surface area contributed by atoms with E-state index >= 15 is 0 Å². The van der Waals surface area contributed by atoms with Crippen molar-refractivity contribution in [3.63, 3.8) is 0 Å². The molecule has 0 spiro atoms. The number of halogens is 3. The second-order valence-corrected chi connectivity index (χ2v) is 7.18. The van der Waals surface area contributed by atoms with Crippen molar-refractivity contribution in [2.45, 2.75) is 46.2 Å². The molecule has 0 aliphatic rings. The Balaban J connectivity index is 1.94. The van der Waals surface area contributed by atoms with Crippen LogP contribution in [0, 0.1) is 20.8 Å². The molecule has 0 fully saturated rings. The number of alkyl halides is 3. The number of nitrogens with zero attached hydrogens (tertiary/aromatic N) is 6. The average molecular weight is 411 g/mol. The van der Waals surface area contributed by atoms with Gasteiger partial charge in [-0.25, -0.2) is 9.50 Å². The van der Waals surface area contributed by atoms with Crippen molar-refractivity contribution in [3.8, 4) is 0 Å². The quantitative estimate of drug-likeness (QED) is 0.604. The maximum absolute atomic E-state index is 13.7. The van der Waals surface area contributed by atoms with Crippen LogP contribution in [0.3, 0.4) is 0 Å². The van der Waals surface area contributed by atoms with Gasteiger partial charge in [-0.15, -0.1) is 0 Å². The predicted molar refractivity (Wildman–Crippen MR) is 101 cm³/mol. The second-order valence-electron chi connectivity index (χ2n) is 6.71. The lowest BCUT2D eigenvalue weighted by Gasteiger charge is -2.16. The highest BCUT2D eigenvalue weighted by Crippen LogP contribution is 2.32. The van der Waals surface area contributed by atoms with Crippen molar-refractivity contribution in [1.82, 2.24) is 29.3 Å². The molecular formula is C18H21ClF2N6O. The number of aryl methyl sites for hydroxylation is 3. The summed E-state index contributed by atoms with van der Waals surface area (Å²) < 4.78 is 30.2. The highest BCUT2D eigenvalue weighted by atomic mass is 35.5. The molecule has 0 saturated carbocycles. The van der Waals surface area contributed by atoms with Gasteiger partial charge >= 0.3 is 5.38 Å². The highest BCUT2D eigenvalue weighted by molar-refractivity contribution is 6.21. The number of hydrogen-bond donors (Lipinski definition) is 0. The van der Waals surface area contributed by atoms with Crippen molar-refractivity contribution < 1.29 is 13.6 Å². The summed E-state index contributed by atoms with van der Waals surface area (Å²) in [7, 11) is 1.63. The van der Waals surface area contributed by atoms with Crippen LogP contribution >= 0.6 is 11.6 Å². The van der Waals surface area contributed by atoms with E-state index in [-0.39, 0.29) is 11.3 Å². The van der Waals surface area contributed by atoms with Gasteiger partial charge in [0.1, 0.15) is 5.69 Å². The molecule has 3 rings (SSSR count). The first-order valence-electron chi connectivity index (χ1n) is 8.75. The Morgan fingerprint density at radius 3 is 2.50 bits per heavy atom. The van der Waals surface area contributed by atoms with Gasteiger partial charge < -0.3 is 4.90 Å². The smallest absolute Gasteiger partial charge is 0.336 e. The van der Waals surface area contributed by atoms with Crippen LogP contribution < -0.4 is 0 Å².